The molecular formula is C14H11N3O2S2. The van der Waals surface area contributed by atoms with Crippen LogP contribution in [0, 0.1) is 0 Å². The van der Waals surface area contributed by atoms with E-state index in [0.717, 1.165) is 26.5 Å². The van der Waals surface area contributed by atoms with Gasteiger partial charge in [-0.3, -0.25) is 4.79 Å². The molecule has 2 aromatic heterocycles. The number of thiazole rings is 1. The van der Waals surface area contributed by atoms with Gasteiger partial charge in [0.25, 0.3) is 0 Å². The Kier molecular flexibility index (Phi) is 4.03. The highest BCUT2D eigenvalue weighted by Gasteiger charge is 2.11. The molecule has 3 aromatic rings. The van der Waals surface area contributed by atoms with Crippen molar-refractivity contribution in [3.8, 4) is 0 Å². The largest absolute Gasteiger partial charge is 0.481 e. The van der Waals surface area contributed by atoms with E-state index in [9.17, 15) is 4.79 Å². The molecule has 0 aliphatic rings. The molecule has 0 amide bonds. The summed E-state index contributed by atoms with van der Waals surface area (Å²) in [5.74, 6) is -0.821. The van der Waals surface area contributed by atoms with Gasteiger partial charge in [0.05, 0.1) is 15.9 Å². The molecule has 3 rings (SSSR count). The molecule has 0 aliphatic heterocycles. The molecule has 0 spiro atoms. The maximum atomic E-state index is 10.8. The Hall–Kier alpha value is -2.12. The minimum absolute atomic E-state index is 0.0688. The molecule has 7 heteroatoms. The van der Waals surface area contributed by atoms with E-state index in [1.807, 2.05) is 35.7 Å². The van der Waals surface area contributed by atoms with Crippen LogP contribution < -0.4 is 0 Å². The lowest BCUT2D eigenvalue weighted by Gasteiger charge is -2.01. The highest BCUT2D eigenvalue weighted by Crippen LogP contribution is 2.30. The van der Waals surface area contributed by atoms with Crippen molar-refractivity contribution in [2.45, 2.75) is 12.8 Å². The van der Waals surface area contributed by atoms with E-state index in [2.05, 4.69) is 14.6 Å². The van der Waals surface area contributed by atoms with Crippen molar-refractivity contribution >= 4 is 50.7 Å². The van der Waals surface area contributed by atoms with E-state index >= 15 is 0 Å². The lowest BCUT2D eigenvalue weighted by atomic mass is 10.1. The zero-order valence-corrected chi connectivity index (χ0v) is 12.5. The van der Waals surface area contributed by atoms with Crippen LogP contribution in [0.2, 0.25) is 0 Å². The fourth-order valence-corrected chi connectivity index (χ4v) is 3.33. The van der Waals surface area contributed by atoms with Gasteiger partial charge in [-0.1, -0.05) is 16.6 Å². The van der Waals surface area contributed by atoms with Crippen molar-refractivity contribution in [1.82, 2.24) is 14.6 Å². The Morgan fingerprint density at radius 2 is 2.14 bits per heavy atom. The van der Waals surface area contributed by atoms with E-state index in [-0.39, 0.29) is 6.42 Å². The van der Waals surface area contributed by atoms with Gasteiger partial charge in [-0.25, -0.2) is 4.98 Å². The third kappa shape index (κ3) is 3.32. The number of rotatable bonds is 5. The monoisotopic (exact) mass is 317 g/mol. The maximum absolute atomic E-state index is 10.8. The second kappa shape index (κ2) is 6.11. The number of allylic oxidation sites excluding steroid dienone is 1. The van der Waals surface area contributed by atoms with Gasteiger partial charge < -0.3 is 5.11 Å². The molecule has 1 N–H and O–H groups in total. The summed E-state index contributed by atoms with van der Waals surface area (Å²) >= 11 is 2.83. The first kappa shape index (κ1) is 13.8. The molecule has 0 saturated heterocycles. The van der Waals surface area contributed by atoms with Crippen LogP contribution in [0.4, 0.5) is 0 Å². The third-order valence-electron chi connectivity index (χ3n) is 2.88. The SMILES string of the molecule is O=C(O)CC/C(=C\c1csnn1)c1nc2ccccc2s1. The molecule has 21 heavy (non-hydrogen) atoms. The van der Waals surface area contributed by atoms with Crippen LogP contribution in [0.5, 0.6) is 0 Å². The summed E-state index contributed by atoms with van der Waals surface area (Å²) in [6.45, 7) is 0. The van der Waals surface area contributed by atoms with Crippen molar-refractivity contribution in [2.24, 2.45) is 0 Å². The molecule has 0 unspecified atom stereocenters. The van der Waals surface area contributed by atoms with E-state index in [0.29, 0.717) is 6.42 Å². The van der Waals surface area contributed by atoms with Crippen LogP contribution in [-0.4, -0.2) is 25.6 Å². The first-order valence-corrected chi connectivity index (χ1v) is 7.93. The molecule has 0 fully saturated rings. The maximum Gasteiger partial charge on any atom is 0.303 e. The first-order valence-electron chi connectivity index (χ1n) is 6.28. The van der Waals surface area contributed by atoms with E-state index in [1.54, 1.807) is 11.3 Å². The minimum Gasteiger partial charge on any atom is -0.481 e. The van der Waals surface area contributed by atoms with Gasteiger partial charge in [-0.15, -0.1) is 16.4 Å². The zero-order valence-electron chi connectivity index (χ0n) is 10.9. The Morgan fingerprint density at radius 3 is 2.86 bits per heavy atom. The van der Waals surface area contributed by atoms with Crippen molar-refractivity contribution in [2.75, 3.05) is 0 Å². The van der Waals surface area contributed by atoms with Crippen LogP contribution >= 0.6 is 22.9 Å². The molecule has 0 aliphatic carbocycles. The molecular weight excluding hydrogens is 306 g/mol. The molecule has 106 valence electrons. The number of fused-ring (bicyclic) bond motifs is 1. The van der Waals surface area contributed by atoms with Gasteiger partial charge in [0.2, 0.25) is 0 Å². The number of carboxylic acid groups (broad SMARTS) is 1. The minimum atomic E-state index is -0.821. The summed E-state index contributed by atoms with van der Waals surface area (Å²) in [5, 5.41) is 15.6. The van der Waals surface area contributed by atoms with Crippen molar-refractivity contribution < 1.29 is 9.90 Å². The average Bonchev–Trinajstić information content (AvgIpc) is 3.11. The van der Waals surface area contributed by atoms with Crippen LogP contribution in [0.1, 0.15) is 23.5 Å². The summed E-state index contributed by atoms with van der Waals surface area (Å²) < 4.78 is 4.91. The van der Waals surface area contributed by atoms with Gasteiger partial charge in [0.15, 0.2) is 0 Å². The Morgan fingerprint density at radius 1 is 1.29 bits per heavy atom. The standard InChI is InChI=1S/C14H11N3O2S2/c18-13(19)6-5-9(7-10-8-20-17-16-10)14-15-11-3-1-2-4-12(11)21-14/h1-4,7-8H,5-6H2,(H,18,19)/b9-7+. The number of benzene rings is 1. The number of carboxylic acids is 1. The topological polar surface area (TPSA) is 76.0 Å². The van der Waals surface area contributed by atoms with Crippen molar-refractivity contribution in [3.05, 3.63) is 40.3 Å². The van der Waals surface area contributed by atoms with Crippen molar-refractivity contribution in [1.29, 1.82) is 0 Å². The zero-order chi connectivity index (χ0) is 14.7. The molecule has 0 radical (unpaired) electrons. The Labute approximate surface area is 128 Å². The number of carbonyl (C=O) groups is 1. The summed E-state index contributed by atoms with van der Waals surface area (Å²) in [7, 11) is 0. The molecule has 0 saturated carbocycles. The quantitative estimate of drug-likeness (QED) is 0.778. The normalized spacial score (nSPS) is 11.9. The summed E-state index contributed by atoms with van der Waals surface area (Å²) in [6.07, 6.45) is 2.36. The number of aliphatic carboxylic acids is 1. The lowest BCUT2D eigenvalue weighted by molar-refractivity contribution is -0.136. The highest BCUT2D eigenvalue weighted by molar-refractivity contribution is 7.19. The van der Waals surface area contributed by atoms with E-state index in [4.69, 9.17) is 5.11 Å². The van der Waals surface area contributed by atoms with Gasteiger partial charge in [0, 0.05) is 11.8 Å². The van der Waals surface area contributed by atoms with Crippen LogP contribution in [-0.2, 0) is 4.79 Å². The number of hydrogen-bond acceptors (Lipinski definition) is 6. The number of para-hydroxylation sites is 1. The number of aromatic nitrogens is 3. The van der Waals surface area contributed by atoms with Gasteiger partial charge in [-0.2, -0.15) is 0 Å². The number of nitrogens with zero attached hydrogens (tertiary/aromatic N) is 3. The summed E-state index contributed by atoms with van der Waals surface area (Å²) in [5.41, 5.74) is 2.54. The summed E-state index contributed by atoms with van der Waals surface area (Å²) in [6, 6.07) is 7.87. The second-order valence-electron chi connectivity index (χ2n) is 4.38. The van der Waals surface area contributed by atoms with Crippen molar-refractivity contribution in [3.63, 3.8) is 0 Å². The predicted octanol–water partition coefficient (Wildman–Crippen LogP) is 3.55. The van der Waals surface area contributed by atoms with Crippen LogP contribution in [0.15, 0.2) is 29.6 Å². The molecule has 0 atom stereocenters. The van der Waals surface area contributed by atoms with E-state index < -0.39 is 5.97 Å². The van der Waals surface area contributed by atoms with E-state index in [1.165, 1.54) is 11.5 Å². The molecule has 1 aromatic carbocycles. The fourth-order valence-electron chi connectivity index (χ4n) is 1.91. The Balaban J connectivity index is 1.99. The van der Waals surface area contributed by atoms with Crippen LogP contribution in [0.3, 0.4) is 0 Å². The lowest BCUT2D eigenvalue weighted by Crippen LogP contribution is -1.95. The molecule has 2 heterocycles. The molecule has 0 bridgehead atoms. The van der Waals surface area contributed by atoms with Crippen LogP contribution in [0.25, 0.3) is 21.9 Å². The van der Waals surface area contributed by atoms with Gasteiger partial charge in [-0.05, 0) is 41.7 Å². The molecule has 5 nitrogen and oxygen atoms in total. The first-order chi connectivity index (χ1) is 10.2. The Bertz CT molecular complexity index is 761. The fraction of sp³-hybridized carbons (Fsp3) is 0.143. The van der Waals surface area contributed by atoms with Gasteiger partial charge in [0.1, 0.15) is 5.01 Å². The highest BCUT2D eigenvalue weighted by atomic mass is 32.1. The average molecular weight is 317 g/mol. The smallest absolute Gasteiger partial charge is 0.303 e. The third-order valence-corrected chi connectivity index (χ3v) is 4.51. The van der Waals surface area contributed by atoms with Gasteiger partial charge >= 0.3 is 5.97 Å². The second-order valence-corrected chi connectivity index (χ2v) is 6.02. The predicted molar refractivity (Wildman–Crippen MR) is 84.3 cm³/mol. The summed E-state index contributed by atoms with van der Waals surface area (Å²) in [4.78, 5) is 15.4. The number of hydrogen-bond donors (Lipinski definition) is 1.